The Morgan fingerprint density at radius 3 is 2.86 bits per heavy atom. The molecular weight excluding hydrogens is 209 g/mol. The van der Waals surface area contributed by atoms with Crippen molar-refractivity contribution in [2.45, 2.75) is 6.42 Å². The Balaban J connectivity index is 3.43. The van der Waals surface area contributed by atoms with Crippen LogP contribution in [-0.2, 0) is 18.4 Å². The zero-order valence-corrected chi connectivity index (χ0v) is 8.83. The van der Waals surface area contributed by atoms with E-state index in [1.165, 1.54) is 0 Å². The van der Waals surface area contributed by atoms with Gasteiger partial charge in [0.2, 0.25) is 5.91 Å². The SMILES string of the molecule is C=CC(=O)NCCCOP(=O)(O)OC. The zero-order chi connectivity index (χ0) is 11.0. The predicted octanol–water partition coefficient (Wildman–Crippen LogP) is 0.442. The van der Waals surface area contributed by atoms with Crippen molar-refractivity contribution in [3.8, 4) is 0 Å². The number of hydrogen-bond donors (Lipinski definition) is 2. The van der Waals surface area contributed by atoms with Gasteiger partial charge in [-0.15, -0.1) is 0 Å². The first-order valence-electron chi connectivity index (χ1n) is 3.95. The van der Waals surface area contributed by atoms with Crippen LogP contribution in [0.2, 0.25) is 0 Å². The Hall–Kier alpha value is -0.680. The van der Waals surface area contributed by atoms with Crippen LogP contribution in [0.5, 0.6) is 0 Å². The molecular formula is C7H14NO5P. The van der Waals surface area contributed by atoms with Gasteiger partial charge in [-0.3, -0.25) is 13.8 Å². The van der Waals surface area contributed by atoms with Gasteiger partial charge in [0, 0.05) is 13.7 Å². The molecule has 1 atom stereocenters. The summed E-state index contributed by atoms with van der Waals surface area (Å²) in [6.07, 6.45) is 1.57. The van der Waals surface area contributed by atoms with Crippen molar-refractivity contribution in [3.05, 3.63) is 12.7 Å². The molecule has 0 aliphatic heterocycles. The number of carbonyl (C=O) groups is 1. The second kappa shape index (κ2) is 6.73. The molecule has 6 nitrogen and oxygen atoms in total. The summed E-state index contributed by atoms with van der Waals surface area (Å²) >= 11 is 0. The molecule has 0 rings (SSSR count). The van der Waals surface area contributed by atoms with Gasteiger partial charge in [0.05, 0.1) is 6.61 Å². The van der Waals surface area contributed by atoms with Crippen LogP contribution in [0.1, 0.15) is 6.42 Å². The van der Waals surface area contributed by atoms with Gasteiger partial charge in [-0.05, 0) is 12.5 Å². The second-order valence-electron chi connectivity index (χ2n) is 2.33. The van der Waals surface area contributed by atoms with Crippen molar-refractivity contribution >= 4 is 13.7 Å². The van der Waals surface area contributed by atoms with Crippen molar-refractivity contribution < 1.29 is 23.3 Å². The zero-order valence-electron chi connectivity index (χ0n) is 7.93. The molecule has 0 heterocycles. The maximum atomic E-state index is 10.7. The quantitative estimate of drug-likeness (QED) is 0.371. The number of rotatable bonds is 7. The lowest BCUT2D eigenvalue weighted by atomic mass is 10.4. The first-order valence-corrected chi connectivity index (χ1v) is 5.44. The molecule has 0 aliphatic rings. The number of amides is 1. The van der Waals surface area contributed by atoms with Gasteiger partial charge in [-0.1, -0.05) is 6.58 Å². The van der Waals surface area contributed by atoms with Crippen molar-refractivity contribution in [2.75, 3.05) is 20.3 Å². The predicted molar refractivity (Wildman–Crippen MR) is 50.6 cm³/mol. The lowest BCUT2D eigenvalue weighted by Crippen LogP contribution is -2.22. The molecule has 1 amide bonds. The topological polar surface area (TPSA) is 84.9 Å². The summed E-state index contributed by atoms with van der Waals surface area (Å²) in [5.41, 5.74) is 0. The first kappa shape index (κ1) is 13.3. The van der Waals surface area contributed by atoms with Gasteiger partial charge >= 0.3 is 7.82 Å². The highest BCUT2D eigenvalue weighted by Crippen LogP contribution is 2.41. The van der Waals surface area contributed by atoms with E-state index in [0.717, 1.165) is 13.2 Å². The van der Waals surface area contributed by atoms with Gasteiger partial charge in [0.1, 0.15) is 0 Å². The number of phosphoric acid groups is 1. The molecule has 82 valence electrons. The molecule has 0 saturated carbocycles. The largest absolute Gasteiger partial charge is 0.471 e. The molecule has 0 aliphatic carbocycles. The highest BCUT2D eigenvalue weighted by atomic mass is 31.2. The molecule has 0 aromatic rings. The Bertz CT molecular complexity index is 242. The molecule has 0 aromatic carbocycles. The van der Waals surface area contributed by atoms with Gasteiger partial charge in [0.25, 0.3) is 0 Å². The summed E-state index contributed by atoms with van der Waals surface area (Å²) in [5.74, 6) is -0.288. The van der Waals surface area contributed by atoms with E-state index in [4.69, 9.17) is 4.89 Å². The molecule has 0 aromatic heterocycles. The van der Waals surface area contributed by atoms with Gasteiger partial charge in [0.15, 0.2) is 0 Å². The second-order valence-corrected chi connectivity index (χ2v) is 3.89. The number of phosphoric ester groups is 1. The van der Waals surface area contributed by atoms with Crippen LogP contribution >= 0.6 is 7.82 Å². The number of nitrogens with one attached hydrogen (secondary N) is 1. The number of carbonyl (C=O) groups excluding carboxylic acids is 1. The molecule has 0 bridgehead atoms. The molecule has 0 radical (unpaired) electrons. The molecule has 0 saturated heterocycles. The Kier molecular flexibility index (Phi) is 6.40. The van der Waals surface area contributed by atoms with E-state index in [1.807, 2.05) is 0 Å². The third-order valence-electron chi connectivity index (χ3n) is 1.29. The van der Waals surface area contributed by atoms with Crippen LogP contribution in [0.15, 0.2) is 12.7 Å². The summed E-state index contributed by atoms with van der Waals surface area (Å²) in [7, 11) is -2.79. The third-order valence-corrected chi connectivity index (χ3v) is 2.26. The fourth-order valence-corrected chi connectivity index (χ4v) is 1.05. The lowest BCUT2D eigenvalue weighted by Gasteiger charge is -2.08. The van der Waals surface area contributed by atoms with Gasteiger partial charge in [-0.25, -0.2) is 4.57 Å². The summed E-state index contributed by atoms with van der Waals surface area (Å²) < 4.78 is 19.4. The van der Waals surface area contributed by atoms with E-state index < -0.39 is 7.82 Å². The van der Waals surface area contributed by atoms with Crippen LogP contribution in [0.3, 0.4) is 0 Å². The minimum atomic E-state index is -3.88. The van der Waals surface area contributed by atoms with Crippen LogP contribution in [0.4, 0.5) is 0 Å². The molecule has 2 N–H and O–H groups in total. The fourth-order valence-electron chi connectivity index (χ4n) is 0.589. The van der Waals surface area contributed by atoms with Gasteiger partial charge in [-0.2, -0.15) is 0 Å². The van der Waals surface area contributed by atoms with E-state index >= 15 is 0 Å². The monoisotopic (exact) mass is 223 g/mol. The van der Waals surface area contributed by atoms with Crippen molar-refractivity contribution in [2.24, 2.45) is 0 Å². The fraction of sp³-hybridized carbons (Fsp3) is 0.571. The van der Waals surface area contributed by atoms with E-state index in [9.17, 15) is 9.36 Å². The standard InChI is InChI=1S/C7H14NO5P/c1-3-7(9)8-5-4-6-13-14(10,11)12-2/h3H,1,4-6H2,2H3,(H,8,9)(H,10,11). The van der Waals surface area contributed by atoms with Crippen LogP contribution in [-0.4, -0.2) is 31.1 Å². The number of hydrogen-bond acceptors (Lipinski definition) is 4. The van der Waals surface area contributed by atoms with Crippen molar-refractivity contribution in [3.63, 3.8) is 0 Å². The smallest absolute Gasteiger partial charge is 0.352 e. The maximum Gasteiger partial charge on any atom is 0.471 e. The van der Waals surface area contributed by atoms with E-state index in [-0.39, 0.29) is 12.5 Å². The van der Waals surface area contributed by atoms with Crippen LogP contribution < -0.4 is 5.32 Å². The van der Waals surface area contributed by atoms with E-state index in [1.54, 1.807) is 0 Å². The minimum absolute atomic E-state index is 0.0407. The van der Waals surface area contributed by atoms with E-state index in [2.05, 4.69) is 20.9 Å². The Labute approximate surface area is 82.5 Å². The molecule has 7 heteroatoms. The molecule has 0 fully saturated rings. The van der Waals surface area contributed by atoms with Crippen LogP contribution in [0, 0.1) is 0 Å². The molecule has 1 unspecified atom stereocenters. The Morgan fingerprint density at radius 1 is 1.71 bits per heavy atom. The average Bonchev–Trinajstić information content (AvgIpc) is 2.17. The van der Waals surface area contributed by atoms with E-state index in [0.29, 0.717) is 13.0 Å². The normalized spacial score (nSPS) is 14.4. The average molecular weight is 223 g/mol. The Morgan fingerprint density at radius 2 is 2.36 bits per heavy atom. The minimum Gasteiger partial charge on any atom is -0.352 e. The summed E-state index contributed by atoms with van der Waals surface area (Å²) in [4.78, 5) is 19.4. The molecule has 14 heavy (non-hydrogen) atoms. The summed E-state index contributed by atoms with van der Waals surface area (Å²) in [6.45, 7) is 3.66. The first-order chi connectivity index (χ1) is 6.52. The lowest BCUT2D eigenvalue weighted by molar-refractivity contribution is -0.116. The molecule has 0 spiro atoms. The van der Waals surface area contributed by atoms with Gasteiger partial charge < -0.3 is 10.2 Å². The highest BCUT2D eigenvalue weighted by Gasteiger charge is 2.17. The highest BCUT2D eigenvalue weighted by molar-refractivity contribution is 7.47. The summed E-state index contributed by atoms with van der Waals surface area (Å²) in [6, 6.07) is 0. The van der Waals surface area contributed by atoms with Crippen molar-refractivity contribution in [1.82, 2.24) is 5.32 Å². The summed E-state index contributed by atoms with van der Waals surface area (Å²) in [5, 5.41) is 2.49. The maximum absolute atomic E-state index is 10.7. The van der Waals surface area contributed by atoms with Crippen LogP contribution in [0.25, 0.3) is 0 Å². The third kappa shape index (κ3) is 6.80. The van der Waals surface area contributed by atoms with Crippen molar-refractivity contribution in [1.29, 1.82) is 0 Å².